The highest BCUT2D eigenvalue weighted by Crippen LogP contribution is 2.02. The lowest BCUT2D eigenvalue weighted by molar-refractivity contribution is -0.161. The van der Waals surface area contributed by atoms with Gasteiger partial charge in [0.1, 0.15) is 12.1 Å². The molecule has 0 heterocycles. The number of nitrogens with one attached hydrogen (secondary N) is 1. The van der Waals surface area contributed by atoms with Crippen molar-refractivity contribution in [1.82, 2.24) is 5.32 Å². The summed E-state index contributed by atoms with van der Waals surface area (Å²) < 4.78 is 0. The molecule has 0 rings (SSSR count). The Kier molecular flexibility index (Phi) is 5.85. The molecular formula is C8H11NO10. The molecule has 0 saturated carbocycles. The van der Waals surface area contributed by atoms with E-state index in [1.54, 1.807) is 5.32 Å². The molecule has 0 aromatic carbocycles. The zero-order chi connectivity index (χ0) is 15.3. The Morgan fingerprint density at radius 1 is 0.632 bits per heavy atom. The van der Waals surface area contributed by atoms with Crippen molar-refractivity contribution in [1.29, 1.82) is 0 Å². The number of aliphatic hydroxyl groups excluding tert-OH is 2. The average Bonchev–Trinajstić information content (AvgIpc) is 2.27. The highest BCUT2D eigenvalue weighted by molar-refractivity contribution is 5.87. The van der Waals surface area contributed by atoms with Crippen molar-refractivity contribution < 1.29 is 49.8 Å². The lowest BCUT2D eigenvalue weighted by Gasteiger charge is -2.23. The first-order valence-corrected chi connectivity index (χ1v) is 4.63. The maximum absolute atomic E-state index is 10.7. The molecular weight excluding hydrogens is 270 g/mol. The third-order valence-electron chi connectivity index (χ3n) is 2.03. The van der Waals surface area contributed by atoms with E-state index in [0.717, 1.165) is 0 Å². The van der Waals surface area contributed by atoms with Crippen molar-refractivity contribution >= 4 is 23.9 Å². The molecule has 0 saturated heterocycles. The molecule has 0 aliphatic rings. The SMILES string of the molecule is O=C(O)C(O)C(NC(C(=O)O)C(O)C(=O)O)C(=O)O. The summed E-state index contributed by atoms with van der Waals surface area (Å²) in [4.78, 5) is 42.2. The molecule has 7 N–H and O–H groups in total. The molecule has 0 fully saturated rings. The molecule has 11 nitrogen and oxygen atoms in total. The predicted molar refractivity (Wildman–Crippen MR) is 53.3 cm³/mol. The predicted octanol–water partition coefficient (Wildman–Crippen LogP) is -3.63. The monoisotopic (exact) mass is 281 g/mol. The van der Waals surface area contributed by atoms with E-state index in [9.17, 15) is 19.2 Å². The minimum absolute atomic E-state index is 1.55. The van der Waals surface area contributed by atoms with E-state index in [2.05, 4.69) is 0 Å². The van der Waals surface area contributed by atoms with Crippen LogP contribution in [-0.4, -0.2) is 78.8 Å². The zero-order valence-corrected chi connectivity index (χ0v) is 9.13. The summed E-state index contributed by atoms with van der Waals surface area (Å²) in [6, 6.07) is -4.62. The van der Waals surface area contributed by atoms with Gasteiger partial charge in [-0.3, -0.25) is 14.9 Å². The smallest absolute Gasteiger partial charge is 0.334 e. The standard InChI is InChI=1S/C8H11NO10/c10-3(7(16)17)1(5(12)13)9-2(6(14)15)4(11)8(18)19/h1-4,9-11H,(H,12,13)(H,14,15)(H,16,17)(H,18,19). The summed E-state index contributed by atoms with van der Waals surface area (Å²) in [7, 11) is 0. The molecule has 0 aromatic rings. The highest BCUT2D eigenvalue weighted by Gasteiger charge is 2.40. The normalized spacial score (nSPS) is 16.9. The summed E-state index contributed by atoms with van der Waals surface area (Å²) in [5.74, 6) is -7.79. The van der Waals surface area contributed by atoms with Gasteiger partial charge in [-0.15, -0.1) is 0 Å². The number of carboxylic acid groups (broad SMARTS) is 4. The van der Waals surface area contributed by atoms with Gasteiger partial charge in [-0.1, -0.05) is 0 Å². The molecule has 0 aliphatic heterocycles. The van der Waals surface area contributed by atoms with E-state index >= 15 is 0 Å². The summed E-state index contributed by atoms with van der Waals surface area (Å²) >= 11 is 0. The van der Waals surface area contributed by atoms with Crippen LogP contribution in [0.3, 0.4) is 0 Å². The number of aliphatic hydroxyl groups is 2. The van der Waals surface area contributed by atoms with Crippen LogP contribution in [0.2, 0.25) is 0 Å². The van der Waals surface area contributed by atoms with E-state index in [1.165, 1.54) is 0 Å². The zero-order valence-electron chi connectivity index (χ0n) is 9.13. The van der Waals surface area contributed by atoms with Crippen LogP contribution in [-0.2, 0) is 19.2 Å². The Balaban J connectivity index is 5.17. The lowest BCUT2D eigenvalue weighted by atomic mass is 10.1. The Labute approximate surface area is 104 Å². The third-order valence-corrected chi connectivity index (χ3v) is 2.03. The van der Waals surface area contributed by atoms with Crippen molar-refractivity contribution in [3.05, 3.63) is 0 Å². The van der Waals surface area contributed by atoms with Crippen molar-refractivity contribution in [3.63, 3.8) is 0 Å². The van der Waals surface area contributed by atoms with E-state index < -0.39 is 48.2 Å². The fraction of sp³-hybridized carbons (Fsp3) is 0.500. The van der Waals surface area contributed by atoms with Gasteiger partial charge in [0, 0.05) is 0 Å². The number of rotatable bonds is 8. The molecule has 108 valence electrons. The summed E-state index contributed by atoms with van der Waals surface area (Å²) in [5.41, 5.74) is 0. The first-order valence-electron chi connectivity index (χ1n) is 4.63. The largest absolute Gasteiger partial charge is 0.480 e. The molecule has 0 bridgehead atoms. The third kappa shape index (κ3) is 4.50. The second-order valence-corrected chi connectivity index (χ2v) is 3.36. The minimum atomic E-state index is -2.53. The van der Waals surface area contributed by atoms with Crippen LogP contribution in [0.5, 0.6) is 0 Å². The van der Waals surface area contributed by atoms with Crippen LogP contribution >= 0.6 is 0 Å². The van der Waals surface area contributed by atoms with Crippen molar-refractivity contribution in [2.75, 3.05) is 0 Å². The van der Waals surface area contributed by atoms with Gasteiger partial charge in [0.2, 0.25) is 0 Å². The van der Waals surface area contributed by atoms with Crippen molar-refractivity contribution in [2.45, 2.75) is 24.3 Å². The molecule has 4 unspecified atom stereocenters. The Morgan fingerprint density at radius 2 is 0.895 bits per heavy atom. The molecule has 0 radical (unpaired) electrons. The summed E-state index contributed by atoms with van der Waals surface area (Å²) in [5, 5.41) is 53.8. The molecule has 19 heavy (non-hydrogen) atoms. The number of hydrogen-bond acceptors (Lipinski definition) is 7. The van der Waals surface area contributed by atoms with Crippen LogP contribution in [0.25, 0.3) is 0 Å². The summed E-state index contributed by atoms with van der Waals surface area (Å²) in [6.45, 7) is 0. The topological polar surface area (TPSA) is 202 Å². The van der Waals surface area contributed by atoms with Gasteiger partial charge < -0.3 is 30.6 Å². The molecule has 4 atom stereocenters. The molecule has 0 aromatic heterocycles. The van der Waals surface area contributed by atoms with Gasteiger partial charge in [-0.05, 0) is 0 Å². The fourth-order valence-corrected chi connectivity index (χ4v) is 1.07. The van der Waals surface area contributed by atoms with Crippen LogP contribution in [0.4, 0.5) is 0 Å². The number of aliphatic carboxylic acids is 4. The average molecular weight is 281 g/mol. The van der Waals surface area contributed by atoms with Gasteiger partial charge >= 0.3 is 23.9 Å². The highest BCUT2D eigenvalue weighted by atomic mass is 16.4. The van der Waals surface area contributed by atoms with Crippen LogP contribution in [0.1, 0.15) is 0 Å². The maximum atomic E-state index is 10.7. The van der Waals surface area contributed by atoms with Crippen LogP contribution in [0.15, 0.2) is 0 Å². The van der Waals surface area contributed by atoms with Gasteiger partial charge in [0.25, 0.3) is 0 Å². The number of carboxylic acids is 4. The Bertz CT molecular complexity index is 357. The van der Waals surface area contributed by atoms with E-state index in [4.69, 9.17) is 30.6 Å². The maximum Gasteiger partial charge on any atom is 0.334 e. The first kappa shape index (κ1) is 16.8. The Morgan fingerprint density at radius 3 is 1.05 bits per heavy atom. The Hall–Kier alpha value is -2.24. The second kappa shape index (κ2) is 6.63. The van der Waals surface area contributed by atoms with E-state index in [-0.39, 0.29) is 0 Å². The molecule has 11 heteroatoms. The quantitative estimate of drug-likeness (QED) is 0.231. The van der Waals surface area contributed by atoms with Gasteiger partial charge in [-0.25, -0.2) is 9.59 Å². The molecule has 0 amide bonds. The summed E-state index contributed by atoms with van der Waals surface area (Å²) in [6.07, 6.45) is -5.05. The van der Waals surface area contributed by atoms with Gasteiger partial charge in [-0.2, -0.15) is 0 Å². The molecule has 0 spiro atoms. The van der Waals surface area contributed by atoms with E-state index in [0.29, 0.717) is 0 Å². The first-order chi connectivity index (χ1) is 8.59. The number of carbonyl (C=O) groups is 4. The minimum Gasteiger partial charge on any atom is -0.480 e. The number of hydrogen-bond donors (Lipinski definition) is 7. The van der Waals surface area contributed by atoms with Crippen molar-refractivity contribution in [2.24, 2.45) is 0 Å². The van der Waals surface area contributed by atoms with E-state index in [1.807, 2.05) is 0 Å². The van der Waals surface area contributed by atoms with Crippen LogP contribution in [0, 0.1) is 0 Å². The van der Waals surface area contributed by atoms with Crippen molar-refractivity contribution in [3.8, 4) is 0 Å². The van der Waals surface area contributed by atoms with Gasteiger partial charge in [0.05, 0.1) is 0 Å². The van der Waals surface area contributed by atoms with Crippen LogP contribution < -0.4 is 5.32 Å². The second-order valence-electron chi connectivity index (χ2n) is 3.36. The van der Waals surface area contributed by atoms with Gasteiger partial charge in [0.15, 0.2) is 12.2 Å². The lowest BCUT2D eigenvalue weighted by Crippen LogP contribution is -2.59. The fourth-order valence-electron chi connectivity index (χ4n) is 1.07. The molecule has 0 aliphatic carbocycles.